The lowest BCUT2D eigenvalue weighted by Gasteiger charge is -2.13. The number of hydrogen-bond acceptors (Lipinski definition) is 8. The van der Waals surface area contributed by atoms with Crippen LogP contribution in [0.5, 0.6) is 17.2 Å². The van der Waals surface area contributed by atoms with Gasteiger partial charge in [0, 0.05) is 6.20 Å². The minimum Gasteiger partial charge on any atom is -0.493 e. The SMILES string of the molecule is COc1cc(/C=C2\SC(=S)N(/C=C\c3nc4ccccc4[nH]c3=O)C2=O)cc(OC)c1OC. The molecule has 1 amide bonds. The molecule has 0 spiro atoms. The molecule has 0 unspecified atom stereocenters. The van der Waals surface area contributed by atoms with Crippen molar-refractivity contribution in [3.05, 3.63) is 69.1 Å². The largest absolute Gasteiger partial charge is 0.493 e. The van der Waals surface area contributed by atoms with E-state index in [2.05, 4.69) is 9.97 Å². The van der Waals surface area contributed by atoms with E-state index in [4.69, 9.17) is 26.4 Å². The Morgan fingerprint density at radius 3 is 2.42 bits per heavy atom. The Labute approximate surface area is 198 Å². The molecule has 1 aliphatic rings. The van der Waals surface area contributed by atoms with Crippen LogP contribution in [0, 0.1) is 0 Å². The highest BCUT2D eigenvalue weighted by molar-refractivity contribution is 8.26. The van der Waals surface area contributed by atoms with Crippen LogP contribution in [-0.2, 0) is 4.79 Å². The summed E-state index contributed by atoms with van der Waals surface area (Å²) in [5.74, 6) is 1.09. The summed E-state index contributed by atoms with van der Waals surface area (Å²) in [5, 5.41) is 0. The quantitative estimate of drug-likeness (QED) is 0.420. The van der Waals surface area contributed by atoms with E-state index in [1.807, 2.05) is 12.1 Å². The lowest BCUT2D eigenvalue weighted by molar-refractivity contribution is -0.120. The maximum Gasteiger partial charge on any atom is 0.274 e. The summed E-state index contributed by atoms with van der Waals surface area (Å²) >= 11 is 6.53. The number of nitrogens with zero attached hydrogens (tertiary/aromatic N) is 2. The molecule has 1 aromatic heterocycles. The lowest BCUT2D eigenvalue weighted by Crippen LogP contribution is -2.22. The number of rotatable bonds is 6. The van der Waals surface area contributed by atoms with E-state index in [-0.39, 0.29) is 17.2 Å². The molecule has 2 heterocycles. The van der Waals surface area contributed by atoms with Crippen molar-refractivity contribution in [3.8, 4) is 17.2 Å². The van der Waals surface area contributed by atoms with Crippen molar-refractivity contribution in [1.82, 2.24) is 14.9 Å². The van der Waals surface area contributed by atoms with Crippen LogP contribution in [0.2, 0.25) is 0 Å². The van der Waals surface area contributed by atoms with Gasteiger partial charge in [-0.3, -0.25) is 14.5 Å². The number of thioether (sulfide) groups is 1. The monoisotopic (exact) mass is 481 g/mol. The van der Waals surface area contributed by atoms with Crippen LogP contribution >= 0.6 is 24.0 Å². The van der Waals surface area contributed by atoms with Gasteiger partial charge >= 0.3 is 0 Å². The zero-order valence-electron chi connectivity index (χ0n) is 17.9. The smallest absolute Gasteiger partial charge is 0.274 e. The third kappa shape index (κ3) is 4.48. The molecule has 1 N–H and O–H groups in total. The Kier molecular flexibility index (Phi) is 6.47. The van der Waals surface area contributed by atoms with Crippen molar-refractivity contribution < 1.29 is 19.0 Å². The van der Waals surface area contributed by atoms with Gasteiger partial charge in [-0.15, -0.1) is 0 Å². The van der Waals surface area contributed by atoms with E-state index in [1.54, 1.807) is 30.3 Å². The Hall–Kier alpha value is -3.63. The van der Waals surface area contributed by atoms with Crippen LogP contribution in [0.3, 0.4) is 0 Å². The molecule has 0 aliphatic carbocycles. The molecule has 8 nitrogen and oxygen atoms in total. The van der Waals surface area contributed by atoms with Gasteiger partial charge in [0.1, 0.15) is 5.69 Å². The molecule has 168 valence electrons. The normalized spacial score (nSPS) is 15.1. The van der Waals surface area contributed by atoms with Gasteiger partial charge in [-0.1, -0.05) is 36.1 Å². The first-order valence-electron chi connectivity index (χ1n) is 9.69. The van der Waals surface area contributed by atoms with Crippen LogP contribution in [0.15, 0.2) is 52.3 Å². The first-order chi connectivity index (χ1) is 15.9. The first-order valence-corrected chi connectivity index (χ1v) is 10.9. The zero-order valence-corrected chi connectivity index (χ0v) is 19.6. The summed E-state index contributed by atoms with van der Waals surface area (Å²) in [6.45, 7) is 0. The average molecular weight is 482 g/mol. The number of aromatic amines is 1. The maximum atomic E-state index is 13.0. The summed E-state index contributed by atoms with van der Waals surface area (Å²) in [6, 6.07) is 10.7. The number of aromatic nitrogens is 2. The molecule has 0 saturated carbocycles. The number of fused-ring (bicyclic) bond motifs is 1. The van der Waals surface area contributed by atoms with E-state index in [0.717, 1.165) is 11.8 Å². The fraction of sp³-hybridized carbons (Fsp3) is 0.130. The van der Waals surface area contributed by atoms with E-state index >= 15 is 0 Å². The third-order valence-corrected chi connectivity index (χ3v) is 6.15. The Morgan fingerprint density at radius 1 is 1.06 bits per heavy atom. The van der Waals surface area contributed by atoms with Crippen LogP contribution in [0.1, 0.15) is 11.3 Å². The molecule has 0 atom stereocenters. The molecule has 0 bridgehead atoms. The van der Waals surface area contributed by atoms with Gasteiger partial charge in [0.25, 0.3) is 11.5 Å². The molecule has 1 aliphatic heterocycles. The second-order valence-electron chi connectivity index (χ2n) is 6.79. The molecule has 1 fully saturated rings. The molecule has 2 aromatic carbocycles. The standard InChI is InChI=1S/C23H19N3O5S2/c1-29-17-10-13(11-18(30-2)20(17)31-3)12-19-22(28)26(23(32)33-19)9-8-16-21(27)25-15-7-5-4-6-14(15)24-16/h4-12H,1-3H3,(H,25,27)/b9-8-,19-12-. The topological polar surface area (TPSA) is 93.8 Å². The van der Waals surface area contributed by atoms with Crippen molar-refractivity contribution in [3.63, 3.8) is 0 Å². The number of thiocarbonyl (C=S) groups is 1. The van der Waals surface area contributed by atoms with E-state index < -0.39 is 0 Å². The Bertz CT molecular complexity index is 1360. The molecule has 3 aromatic rings. The number of carbonyl (C=O) groups is 1. The molecule has 0 radical (unpaired) electrons. The highest BCUT2D eigenvalue weighted by Gasteiger charge is 2.30. The number of carbonyl (C=O) groups excluding carboxylic acids is 1. The second-order valence-corrected chi connectivity index (χ2v) is 8.47. The third-order valence-electron chi connectivity index (χ3n) is 4.82. The lowest BCUT2D eigenvalue weighted by atomic mass is 10.1. The number of para-hydroxylation sites is 2. The molecule has 4 rings (SSSR count). The zero-order chi connectivity index (χ0) is 23.5. The predicted molar refractivity (Wildman–Crippen MR) is 133 cm³/mol. The van der Waals surface area contributed by atoms with Crippen molar-refractivity contribution in [2.75, 3.05) is 21.3 Å². The van der Waals surface area contributed by atoms with Gasteiger partial charge < -0.3 is 19.2 Å². The van der Waals surface area contributed by atoms with Crippen molar-refractivity contribution in [1.29, 1.82) is 0 Å². The van der Waals surface area contributed by atoms with Gasteiger partial charge in [-0.2, -0.15) is 0 Å². The fourth-order valence-electron chi connectivity index (χ4n) is 3.25. The molecular formula is C23H19N3O5S2. The highest BCUT2D eigenvalue weighted by Crippen LogP contribution is 2.40. The number of hydrogen-bond donors (Lipinski definition) is 1. The van der Waals surface area contributed by atoms with E-state index in [1.165, 1.54) is 38.5 Å². The van der Waals surface area contributed by atoms with Gasteiger partial charge in [-0.25, -0.2) is 4.98 Å². The van der Waals surface area contributed by atoms with Crippen LogP contribution < -0.4 is 19.8 Å². The van der Waals surface area contributed by atoms with Crippen LogP contribution in [0.4, 0.5) is 0 Å². The number of benzene rings is 2. The molecule has 10 heteroatoms. The van der Waals surface area contributed by atoms with Gasteiger partial charge in [0.05, 0.1) is 37.3 Å². The minimum atomic E-state index is -0.358. The molecule has 1 saturated heterocycles. The number of ether oxygens (including phenoxy) is 3. The highest BCUT2D eigenvalue weighted by atomic mass is 32.2. The first kappa shape index (κ1) is 22.6. The van der Waals surface area contributed by atoms with Crippen molar-refractivity contribution >= 4 is 57.4 Å². The summed E-state index contributed by atoms with van der Waals surface area (Å²) < 4.78 is 16.4. The number of methoxy groups -OCH3 is 3. The Morgan fingerprint density at radius 2 is 1.76 bits per heavy atom. The van der Waals surface area contributed by atoms with E-state index in [9.17, 15) is 9.59 Å². The number of amides is 1. The second kappa shape index (κ2) is 9.47. The summed E-state index contributed by atoms with van der Waals surface area (Å²) in [4.78, 5) is 34.1. The molecule has 33 heavy (non-hydrogen) atoms. The van der Waals surface area contributed by atoms with E-state index in [0.29, 0.717) is 43.1 Å². The van der Waals surface area contributed by atoms with Gasteiger partial charge in [-0.05, 0) is 42.0 Å². The summed E-state index contributed by atoms with van der Waals surface area (Å²) in [5.41, 5.74) is 1.78. The van der Waals surface area contributed by atoms with Crippen molar-refractivity contribution in [2.24, 2.45) is 0 Å². The van der Waals surface area contributed by atoms with Crippen LogP contribution in [-0.4, -0.2) is 46.4 Å². The number of nitrogens with one attached hydrogen (secondary N) is 1. The van der Waals surface area contributed by atoms with Crippen molar-refractivity contribution in [2.45, 2.75) is 0 Å². The summed E-state index contributed by atoms with van der Waals surface area (Å²) in [7, 11) is 4.56. The number of H-pyrrole nitrogens is 1. The summed E-state index contributed by atoms with van der Waals surface area (Å²) in [6.07, 6.45) is 4.62. The van der Waals surface area contributed by atoms with Gasteiger partial charge in [0.15, 0.2) is 15.8 Å². The van der Waals surface area contributed by atoms with Gasteiger partial charge in [0.2, 0.25) is 5.75 Å². The minimum absolute atomic E-state index is 0.177. The average Bonchev–Trinajstić information content (AvgIpc) is 3.08. The maximum absolute atomic E-state index is 13.0. The van der Waals surface area contributed by atoms with Crippen LogP contribution in [0.25, 0.3) is 23.2 Å². The molecular weight excluding hydrogens is 462 g/mol. The predicted octanol–water partition coefficient (Wildman–Crippen LogP) is 3.82. The fourth-order valence-corrected chi connectivity index (χ4v) is 4.47. The Balaban J connectivity index is 1.63.